The Labute approximate surface area is 114 Å². The lowest BCUT2D eigenvalue weighted by Gasteiger charge is -2.20. The molecule has 1 heterocycles. The molecule has 1 rings (SSSR count). The van der Waals surface area contributed by atoms with Crippen LogP contribution in [0.15, 0.2) is 21.2 Å². The van der Waals surface area contributed by atoms with Crippen molar-refractivity contribution < 1.29 is 9.21 Å². The van der Waals surface area contributed by atoms with Crippen LogP contribution in [0, 0.1) is 0 Å². The van der Waals surface area contributed by atoms with Crippen LogP contribution in [-0.2, 0) is 11.3 Å². The van der Waals surface area contributed by atoms with Crippen molar-refractivity contribution in [2.45, 2.75) is 19.0 Å². The lowest BCUT2D eigenvalue weighted by Crippen LogP contribution is -2.41. The molecule has 6 heteroatoms. The van der Waals surface area contributed by atoms with Crippen LogP contribution in [-0.4, -0.2) is 35.9 Å². The molecule has 0 unspecified atom stereocenters. The largest absolute Gasteiger partial charge is 0.452 e. The normalized spacial score (nSPS) is 12.5. The Hall–Kier alpha value is -0.460. The van der Waals surface area contributed by atoms with Gasteiger partial charge >= 0.3 is 0 Å². The van der Waals surface area contributed by atoms with Crippen molar-refractivity contribution in [3.05, 3.63) is 22.6 Å². The van der Waals surface area contributed by atoms with Gasteiger partial charge in [0.1, 0.15) is 5.76 Å². The third-order valence-electron chi connectivity index (χ3n) is 2.35. The molecule has 2 N–H and O–H groups in total. The summed E-state index contributed by atoms with van der Waals surface area (Å²) in [6.45, 7) is 0.442. The minimum atomic E-state index is -0.425. The lowest BCUT2D eigenvalue weighted by molar-refractivity contribution is -0.132. The van der Waals surface area contributed by atoms with Crippen LogP contribution in [0.25, 0.3) is 0 Å². The van der Waals surface area contributed by atoms with Gasteiger partial charge in [-0.15, -0.1) is 0 Å². The highest BCUT2D eigenvalue weighted by atomic mass is 79.9. The summed E-state index contributed by atoms with van der Waals surface area (Å²) in [5, 5.41) is 0. The highest BCUT2D eigenvalue weighted by Crippen LogP contribution is 2.15. The minimum absolute atomic E-state index is 0.0495. The minimum Gasteiger partial charge on any atom is -0.452 e. The summed E-state index contributed by atoms with van der Waals surface area (Å²) in [7, 11) is 1.73. The predicted octanol–water partition coefficient (Wildman–Crippen LogP) is 2.08. The Morgan fingerprint density at radius 3 is 2.88 bits per heavy atom. The summed E-state index contributed by atoms with van der Waals surface area (Å²) < 4.78 is 6.01. The maximum absolute atomic E-state index is 11.9. The van der Waals surface area contributed by atoms with Crippen LogP contribution in [0.3, 0.4) is 0 Å². The van der Waals surface area contributed by atoms with E-state index in [9.17, 15) is 4.79 Å². The Bertz CT molecular complexity index is 370. The zero-order valence-corrected chi connectivity index (χ0v) is 12.4. The second-order valence-electron chi connectivity index (χ2n) is 3.79. The van der Waals surface area contributed by atoms with E-state index in [0.29, 0.717) is 17.6 Å². The molecule has 0 aliphatic carbocycles. The summed E-state index contributed by atoms with van der Waals surface area (Å²) in [4.78, 5) is 13.5. The number of nitrogens with zero attached hydrogens (tertiary/aromatic N) is 1. The number of carbonyl (C=O) groups excluding carboxylic acids is 1. The molecule has 0 radical (unpaired) electrons. The van der Waals surface area contributed by atoms with Crippen molar-refractivity contribution in [1.29, 1.82) is 0 Å². The first-order valence-electron chi connectivity index (χ1n) is 5.28. The van der Waals surface area contributed by atoms with E-state index in [1.807, 2.05) is 12.3 Å². The number of likely N-dealkylation sites (N-methyl/N-ethyl adjacent to an activating group) is 1. The van der Waals surface area contributed by atoms with Gasteiger partial charge in [0.25, 0.3) is 0 Å². The number of carbonyl (C=O) groups is 1. The molecule has 0 aliphatic rings. The number of hydrogen-bond donors (Lipinski definition) is 1. The maximum atomic E-state index is 11.9. The van der Waals surface area contributed by atoms with E-state index in [4.69, 9.17) is 10.2 Å². The van der Waals surface area contributed by atoms with Gasteiger partial charge in [-0.25, -0.2) is 0 Å². The average molecular weight is 321 g/mol. The van der Waals surface area contributed by atoms with Crippen molar-refractivity contribution in [3.63, 3.8) is 0 Å². The molecule has 0 aliphatic heterocycles. The fourth-order valence-electron chi connectivity index (χ4n) is 1.40. The standard InChI is InChI=1S/C11H17BrN2O2S/c1-14(7-8-3-4-10(12)16-8)11(15)9(13)5-6-17-2/h3-4,9H,5-7,13H2,1-2H3/t9-/m0/s1. The predicted molar refractivity (Wildman–Crippen MR) is 73.9 cm³/mol. The van der Waals surface area contributed by atoms with Gasteiger partial charge in [0.15, 0.2) is 4.67 Å². The van der Waals surface area contributed by atoms with E-state index in [1.165, 1.54) is 0 Å². The topological polar surface area (TPSA) is 59.5 Å². The highest BCUT2D eigenvalue weighted by molar-refractivity contribution is 9.10. The van der Waals surface area contributed by atoms with Crippen LogP contribution in [0.5, 0.6) is 0 Å². The molecule has 0 spiro atoms. The van der Waals surface area contributed by atoms with Crippen molar-refractivity contribution in [1.82, 2.24) is 4.90 Å². The molecule has 1 amide bonds. The first-order valence-corrected chi connectivity index (χ1v) is 7.47. The number of halogens is 1. The molecule has 0 fully saturated rings. The van der Waals surface area contributed by atoms with Crippen LogP contribution in [0.2, 0.25) is 0 Å². The molecule has 1 aromatic rings. The molecule has 0 saturated heterocycles. The third kappa shape index (κ3) is 4.73. The second-order valence-corrected chi connectivity index (χ2v) is 5.56. The number of furan rings is 1. The van der Waals surface area contributed by atoms with E-state index in [-0.39, 0.29) is 5.91 Å². The monoisotopic (exact) mass is 320 g/mol. The Balaban J connectivity index is 2.46. The van der Waals surface area contributed by atoms with Gasteiger partial charge in [0.2, 0.25) is 5.91 Å². The first-order chi connectivity index (χ1) is 8.04. The van der Waals surface area contributed by atoms with E-state index in [0.717, 1.165) is 11.5 Å². The van der Waals surface area contributed by atoms with E-state index in [2.05, 4.69) is 15.9 Å². The van der Waals surface area contributed by atoms with Crippen molar-refractivity contribution in [2.75, 3.05) is 19.1 Å². The maximum Gasteiger partial charge on any atom is 0.239 e. The molecule has 17 heavy (non-hydrogen) atoms. The van der Waals surface area contributed by atoms with E-state index >= 15 is 0 Å². The molecule has 1 atom stereocenters. The Morgan fingerprint density at radius 2 is 2.35 bits per heavy atom. The van der Waals surface area contributed by atoms with E-state index in [1.54, 1.807) is 29.8 Å². The lowest BCUT2D eigenvalue weighted by atomic mass is 10.2. The Morgan fingerprint density at radius 1 is 1.65 bits per heavy atom. The Kier molecular flexibility index (Phi) is 6.08. The fourth-order valence-corrected chi connectivity index (χ4v) is 2.23. The number of thioether (sulfide) groups is 1. The zero-order valence-electron chi connectivity index (χ0n) is 9.98. The fraction of sp³-hybridized carbons (Fsp3) is 0.545. The highest BCUT2D eigenvalue weighted by Gasteiger charge is 2.18. The number of hydrogen-bond acceptors (Lipinski definition) is 4. The summed E-state index contributed by atoms with van der Waals surface area (Å²) in [6.07, 6.45) is 2.70. The van der Waals surface area contributed by atoms with Crippen molar-refractivity contribution in [3.8, 4) is 0 Å². The molecular formula is C11H17BrN2O2S. The van der Waals surface area contributed by atoms with Gasteiger partial charge in [-0.1, -0.05) is 0 Å². The molecule has 96 valence electrons. The van der Waals surface area contributed by atoms with Crippen molar-refractivity contribution in [2.24, 2.45) is 5.73 Å². The SMILES string of the molecule is CSCC[C@H](N)C(=O)N(C)Cc1ccc(Br)o1. The van der Waals surface area contributed by atoms with Crippen LogP contribution >= 0.6 is 27.7 Å². The molecule has 0 aromatic carbocycles. The summed E-state index contributed by atoms with van der Waals surface area (Å²) >= 11 is 4.92. The zero-order chi connectivity index (χ0) is 12.8. The van der Waals surface area contributed by atoms with Crippen LogP contribution in [0.1, 0.15) is 12.2 Å². The van der Waals surface area contributed by atoms with Gasteiger partial charge in [-0.05, 0) is 46.5 Å². The smallest absolute Gasteiger partial charge is 0.239 e. The number of amides is 1. The van der Waals surface area contributed by atoms with Gasteiger partial charge in [0, 0.05) is 7.05 Å². The van der Waals surface area contributed by atoms with Crippen molar-refractivity contribution >= 4 is 33.6 Å². The number of rotatable bonds is 6. The molecular weight excluding hydrogens is 304 g/mol. The van der Waals surface area contributed by atoms with Crippen LogP contribution in [0.4, 0.5) is 0 Å². The van der Waals surface area contributed by atoms with Gasteiger partial charge in [-0.3, -0.25) is 4.79 Å². The summed E-state index contributed by atoms with van der Waals surface area (Å²) in [5.74, 6) is 1.59. The summed E-state index contributed by atoms with van der Waals surface area (Å²) in [5.41, 5.74) is 5.82. The third-order valence-corrected chi connectivity index (χ3v) is 3.42. The quantitative estimate of drug-likeness (QED) is 0.871. The summed E-state index contributed by atoms with van der Waals surface area (Å²) in [6, 6.07) is 3.22. The average Bonchev–Trinajstić information content (AvgIpc) is 2.70. The van der Waals surface area contributed by atoms with Crippen LogP contribution < -0.4 is 5.73 Å². The second kappa shape index (κ2) is 7.08. The first kappa shape index (κ1) is 14.6. The molecule has 1 aromatic heterocycles. The van der Waals surface area contributed by atoms with Gasteiger partial charge < -0.3 is 15.1 Å². The van der Waals surface area contributed by atoms with E-state index < -0.39 is 6.04 Å². The van der Waals surface area contributed by atoms with Gasteiger partial charge in [0.05, 0.1) is 12.6 Å². The van der Waals surface area contributed by atoms with Gasteiger partial charge in [-0.2, -0.15) is 11.8 Å². The number of nitrogens with two attached hydrogens (primary N) is 1. The molecule has 4 nitrogen and oxygen atoms in total. The molecule has 0 saturated carbocycles. The molecule has 0 bridgehead atoms.